The van der Waals surface area contributed by atoms with Crippen molar-refractivity contribution in [1.29, 1.82) is 0 Å². The van der Waals surface area contributed by atoms with E-state index in [1.54, 1.807) is 41.3 Å². The molecule has 2 aromatic rings. The van der Waals surface area contributed by atoms with Gasteiger partial charge in [0, 0.05) is 24.3 Å². The minimum atomic E-state index is -3.68. The number of hydrogen-bond acceptors (Lipinski definition) is 4. The predicted molar refractivity (Wildman–Crippen MR) is 95.0 cm³/mol. The number of amides is 1. The lowest BCUT2D eigenvalue weighted by molar-refractivity contribution is -0.0124. The van der Waals surface area contributed by atoms with Gasteiger partial charge in [0.15, 0.2) is 0 Å². The van der Waals surface area contributed by atoms with Crippen molar-refractivity contribution in [3.05, 3.63) is 60.2 Å². The van der Waals surface area contributed by atoms with E-state index in [9.17, 15) is 13.2 Å². The molecular weight excluding hydrogens is 340 g/mol. The summed E-state index contributed by atoms with van der Waals surface area (Å²) in [6, 6.07) is 14.6. The highest BCUT2D eigenvalue weighted by molar-refractivity contribution is 7.92. The molecule has 0 spiro atoms. The van der Waals surface area contributed by atoms with Crippen LogP contribution in [0, 0.1) is 0 Å². The van der Waals surface area contributed by atoms with Crippen molar-refractivity contribution in [1.82, 2.24) is 4.90 Å². The molecule has 1 amide bonds. The molecule has 2 aromatic carbocycles. The van der Waals surface area contributed by atoms with Gasteiger partial charge in [-0.05, 0) is 43.3 Å². The standard InChI is InChI=1S/C18H20N2O4S/c1-14-13-20(11-12-24-14)18(21)15-7-9-17(10-8-15)25(22,23)19-16-5-3-2-4-6-16/h2-10,14,19H,11-13H2,1H3. The van der Waals surface area contributed by atoms with Gasteiger partial charge in [-0.25, -0.2) is 8.42 Å². The summed E-state index contributed by atoms with van der Waals surface area (Å²) in [5.41, 5.74) is 0.956. The summed E-state index contributed by atoms with van der Waals surface area (Å²) in [7, 11) is -3.68. The summed E-state index contributed by atoms with van der Waals surface area (Å²) < 4.78 is 32.8. The number of benzene rings is 2. The van der Waals surface area contributed by atoms with Crippen LogP contribution in [0.25, 0.3) is 0 Å². The van der Waals surface area contributed by atoms with Crippen LogP contribution < -0.4 is 4.72 Å². The van der Waals surface area contributed by atoms with Crippen molar-refractivity contribution in [2.45, 2.75) is 17.9 Å². The van der Waals surface area contributed by atoms with Crippen LogP contribution in [0.2, 0.25) is 0 Å². The maximum atomic E-state index is 12.5. The van der Waals surface area contributed by atoms with E-state index in [-0.39, 0.29) is 16.9 Å². The van der Waals surface area contributed by atoms with Crippen LogP contribution in [0.15, 0.2) is 59.5 Å². The highest BCUT2D eigenvalue weighted by atomic mass is 32.2. The molecular formula is C18H20N2O4S. The van der Waals surface area contributed by atoms with Crippen LogP contribution in [0.1, 0.15) is 17.3 Å². The van der Waals surface area contributed by atoms with E-state index in [0.717, 1.165) is 0 Å². The van der Waals surface area contributed by atoms with Crippen molar-refractivity contribution in [2.75, 3.05) is 24.4 Å². The number of carbonyl (C=O) groups is 1. The van der Waals surface area contributed by atoms with Crippen molar-refractivity contribution in [2.24, 2.45) is 0 Å². The number of carbonyl (C=O) groups excluding carboxylic acids is 1. The molecule has 0 bridgehead atoms. The van der Waals surface area contributed by atoms with Gasteiger partial charge < -0.3 is 9.64 Å². The Morgan fingerprint density at radius 1 is 1.12 bits per heavy atom. The number of rotatable bonds is 4. The second-order valence-corrected chi connectivity index (χ2v) is 7.61. The number of nitrogens with zero attached hydrogens (tertiary/aromatic N) is 1. The number of morpholine rings is 1. The van der Waals surface area contributed by atoms with Crippen LogP contribution in [-0.4, -0.2) is 45.0 Å². The molecule has 1 unspecified atom stereocenters. The predicted octanol–water partition coefficient (Wildman–Crippen LogP) is 2.35. The maximum absolute atomic E-state index is 12.5. The van der Waals surface area contributed by atoms with E-state index in [0.29, 0.717) is 30.9 Å². The van der Waals surface area contributed by atoms with Gasteiger partial charge in [0.05, 0.1) is 17.6 Å². The molecule has 0 aliphatic carbocycles. The molecule has 1 saturated heterocycles. The quantitative estimate of drug-likeness (QED) is 0.908. The molecule has 1 fully saturated rings. The average molecular weight is 360 g/mol. The van der Waals surface area contributed by atoms with Crippen LogP contribution in [0.4, 0.5) is 5.69 Å². The summed E-state index contributed by atoms with van der Waals surface area (Å²) >= 11 is 0. The zero-order valence-corrected chi connectivity index (χ0v) is 14.7. The first-order valence-corrected chi connectivity index (χ1v) is 9.53. The van der Waals surface area contributed by atoms with E-state index in [2.05, 4.69) is 4.72 Å². The minimum Gasteiger partial charge on any atom is -0.375 e. The smallest absolute Gasteiger partial charge is 0.261 e. The van der Waals surface area contributed by atoms with Crippen molar-refractivity contribution in [3.8, 4) is 0 Å². The number of hydrogen-bond donors (Lipinski definition) is 1. The summed E-state index contributed by atoms with van der Waals surface area (Å²) in [6.45, 7) is 3.51. The second kappa shape index (κ2) is 7.25. The molecule has 1 atom stereocenters. The Morgan fingerprint density at radius 2 is 1.80 bits per heavy atom. The Hall–Kier alpha value is -2.38. The summed E-state index contributed by atoms with van der Waals surface area (Å²) in [4.78, 5) is 14.3. The molecule has 1 heterocycles. The van der Waals surface area contributed by atoms with Gasteiger partial charge in [-0.3, -0.25) is 9.52 Å². The fourth-order valence-electron chi connectivity index (χ4n) is 2.68. The zero-order valence-electron chi connectivity index (χ0n) is 13.9. The molecule has 1 N–H and O–H groups in total. The van der Waals surface area contributed by atoms with Gasteiger partial charge >= 0.3 is 0 Å². The van der Waals surface area contributed by atoms with E-state index >= 15 is 0 Å². The Bertz CT molecular complexity index is 835. The molecule has 1 aliphatic rings. The molecule has 25 heavy (non-hydrogen) atoms. The van der Waals surface area contributed by atoms with E-state index < -0.39 is 10.0 Å². The van der Waals surface area contributed by atoms with Gasteiger partial charge in [0.2, 0.25) is 0 Å². The highest BCUT2D eigenvalue weighted by Crippen LogP contribution is 2.17. The molecule has 0 radical (unpaired) electrons. The van der Waals surface area contributed by atoms with Crippen molar-refractivity contribution >= 4 is 21.6 Å². The third-order valence-electron chi connectivity index (χ3n) is 3.97. The fourth-order valence-corrected chi connectivity index (χ4v) is 3.74. The zero-order chi connectivity index (χ0) is 17.9. The summed E-state index contributed by atoms with van der Waals surface area (Å²) in [5, 5.41) is 0. The van der Waals surface area contributed by atoms with E-state index in [1.165, 1.54) is 12.1 Å². The van der Waals surface area contributed by atoms with Crippen LogP contribution in [0.3, 0.4) is 0 Å². The molecule has 0 saturated carbocycles. The van der Waals surface area contributed by atoms with Crippen LogP contribution >= 0.6 is 0 Å². The Morgan fingerprint density at radius 3 is 2.44 bits per heavy atom. The molecule has 7 heteroatoms. The molecule has 132 valence electrons. The first kappa shape index (κ1) is 17.4. The van der Waals surface area contributed by atoms with Crippen molar-refractivity contribution < 1.29 is 17.9 Å². The Balaban J connectivity index is 1.74. The monoisotopic (exact) mass is 360 g/mol. The third kappa shape index (κ3) is 4.18. The van der Waals surface area contributed by atoms with Gasteiger partial charge in [0.25, 0.3) is 15.9 Å². The number of ether oxygens (including phenoxy) is 1. The lowest BCUT2D eigenvalue weighted by Gasteiger charge is -2.31. The topological polar surface area (TPSA) is 75.7 Å². The minimum absolute atomic E-state index is 0.00687. The van der Waals surface area contributed by atoms with Gasteiger partial charge in [-0.2, -0.15) is 0 Å². The van der Waals surface area contributed by atoms with Crippen LogP contribution in [-0.2, 0) is 14.8 Å². The number of sulfonamides is 1. The average Bonchev–Trinajstić information content (AvgIpc) is 2.62. The maximum Gasteiger partial charge on any atom is 0.261 e. The highest BCUT2D eigenvalue weighted by Gasteiger charge is 2.23. The lowest BCUT2D eigenvalue weighted by atomic mass is 10.2. The third-order valence-corrected chi connectivity index (χ3v) is 5.36. The van der Waals surface area contributed by atoms with E-state index in [4.69, 9.17) is 4.74 Å². The number of nitrogens with one attached hydrogen (secondary N) is 1. The molecule has 0 aromatic heterocycles. The lowest BCUT2D eigenvalue weighted by Crippen LogP contribution is -2.44. The van der Waals surface area contributed by atoms with E-state index in [1.807, 2.05) is 13.0 Å². The first-order valence-electron chi connectivity index (χ1n) is 8.04. The SMILES string of the molecule is CC1CN(C(=O)c2ccc(S(=O)(=O)Nc3ccccc3)cc2)CCO1. The second-order valence-electron chi connectivity index (χ2n) is 5.93. The van der Waals surface area contributed by atoms with Crippen LogP contribution in [0.5, 0.6) is 0 Å². The summed E-state index contributed by atoms with van der Waals surface area (Å²) in [5.74, 6) is -0.116. The molecule has 1 aliphatic heterocycles. The van der Waals surface area contributed by atoms with Crippen molar-refractivity contribution in [3.63, 3.8) is 0 Å². The Kier molecular flexibility index (Phi) is 5.06. The Labute approximate surface area is 147 Å². The fraction of sp³-hybridized carbons (Fsp3) is 0.278. The molecule has 3 rings (SSSR count). The number of para-hydroxylation sites is 1. The number of anilines is 1. The van der Waals surface area contributed by atoms with Gasteiger partial charge in [0.1, 0.15) is 0 Å². The first-order chi connectivity index (χ1) is 12.0. The molecule has 6 nitrogen and oxygen atoms in total. The normalized spacial score (nSPS) is 18.0. The largest absolute Gasteiger partial charge is 0.375 e. The van der Waals surface area contributed by atoms with Gasteiger partial charge in [-0.15, -0.1) is 0 Å². The summed E-state index contributed by atoms with van der Waals surface area (Å²) in [6.07, 6.45) is 0.00687. The van der Waals surface area contributed by atoms with Gasteiger partial charge in [-0.1, -0.05) is 18.2 Å².